The lowest BCUT2D eigenvalue weighted by Crippen LogP contribution is -2.51. The monoisotopic (exact) mass is 418 g/mol. The molecule has 0 saturated heterocycles. The van der Waals surface area contributed by atoms with Gasteiger partial charge in [-0.15, -0.1) is 0 Å². The summed E-state index contributed by atoms with van der Waals surface area (Å²) >= 11 is 0. The number of pyridine rings is 1. The molecule has 160 valence electrons. The molecule has 0 aliphatic carbocycles. The average Bonchev–Trinajstić information content (AvgIpc) is 3.24. The molecule has 1 aromatic carbocycles. The number of nitrogens with zero attached hydrogens (tertiary/aromatic N) is 1. The van der Waals surface area contributed by atoms with E-state index in [4.69, 9.17) is 4.74 Å². The first kappa shape index (κ1) is 20.7. The molecular formula is C23H25F3N2O2. The van der Waals surface area contributed by atoms with Crippen LogP contribution in [0, 0.1) is 6.92 Å². The highest BCUT2D eigenvalue weighted by molar-refractivity contribution is 5.79. The predicted octanol–water partition coefficient (Wildman–Crippen LogP) is 5.01. The fraction of sp³-hybridized carbons (Fsp3) is 0.435. The molecule has 0 saturated carbocycles. The quantitative estimate of drug-likeness (QED) is 0.612. The fourth-order valence-electron chi connectivity index (χ4n) is 4.50. The first-order valence-corrected chi connectivity index (χ1v) is 9.96. The van der Waals surface area contributed by atoms with Crippen LogP contribution in [-0.2, 0) is 18.3 Å². The zero-order chi connectivity index (χ0) is 21.7. The van der Waals surface area contributed by atoms with Gasteiger partial charge < -0.3 is 14.8 Å². The number of aliphatic hydroxyl groups is 1. The van der Waals surface area contributed by atoms with Crippen molar-refractivity contribution in [3.05, 3.63) is 59.0 Å². The standard InChI is InChI=1S/C23H25F3N2O2/c1-14-8-15-5-7-30-20(15)18(9-14)21(2,3)13-22(29,23(24,25)26)11-17-10-16-12-27-6-4-19(16)28-17/h4,6,8-10,12,28-29H,5,7,11,13H2,1-3H3. The molecule has 0 radical (unpaired) electrons. The van der Waals surface area contributed by atoms with E-state index in [1.807, 2.05) is 19.1 Å². The molecule has 4 nitrogen and oxygen atoms in total. The van der Waals surface area contributed by atoms with Crippen molar-refractivity contribution in [1.29, 1.82) is 0 Å². The van der Waals surface area contributed by atoms with E-state index in [9.17, 15) is 18.3 Å². The summed E-state index contributed by atoms with van der Waals surface area (Å²) in [5.74, 6) is 0.659. The summed E-state index contributed by atoms with van der Waals surface area (Å²) in [4.78, 5) is 6.97. The number of fused-ring (bicyclic) bond motifs is 2. The Morgan fingerprint density at radius 1 is 1.20 bits per heavy atom. The van der Waals surface area contributed by atoms with Gasteiger partial charge in [0.15, 0.2) is 5.60 Å². The Hall–Kier alpha value is -2.54. The van der Waals surface area contributed by atoms with Crippen molar-refractivity contribution in [2.24, 2.45) is 0 Å². The molecular weight excluding hydrogens is 393 g/mol. The van der Waals surface area contributed by atoms with E-state index in [2.05, 4.69) is 9.97 Å². The number of ether oxygens (including phenoxy) is 1. The number of aromatic amines is 1. The Bertz CT molecular complexity index is 1050. The second-order valence-corrected chi connectivity index (χ2v) is 8.92. The molecule has 2 N–H and O–H groups in total. The lowest BCUT2D eigenvalue weighted by molar-refractivity contribution is -0.266. The van der Waals surface area contributed by atoms with E-state index >= 15 is 0 Å². The average molecular weight is 418 g/mol. The lowest BCUT2D eigenvalue weighted by atomic mass is 9.72. The molecule has 0 bridgehead atoms. The van der Waals surface area contributed by atoms with Crippen molar-refractivity contribution in [1.82, 2.24) is 9.97 Å². The zero-order valence-electron chi connectivity index (χ0n) is 17.2. The van der Waals surface area contributed by atoms with Crippen molar-refractivity contribution in [2.45, 2.75) is 57.2 Å². The van der Waals surface area contributed by atoms with Crippen LogP contribution in [0.25, 0.3) is 10.9 Å². The van der Waals surface area contributed by atoms with Crippen LogP contribution in [-0.4, -0.2) is 33.5 Å². The first-order chi connectivity index (χ1) is 14.0. The summed E-state index contributed by atoms with van der Waals surface area (Å²) < 4.78 is 48.2. The number of H-pyrrole nitrogens is 1. The molecule has 3 heterocycles. The molecule has 1 atom stereocenters. The smallest absolute Gasteiger partial charge is 0.417 e. The molecule has 1 unspecified atom stereocenters. The Kier molecular flexibility index (Phi) is 4.84. The van der Waals surface area contributed by atoms with Crippen molar-refractivity contribution in [3.63, 3.8) is 0 Å². The molecule has 7 heteroatoms. The Labute approximate surface area is 173 Å². The number of benzene rings is 1. The highest BCUT2D eigenvalue weighted by atomic mass is 19.4. The second-order valence-electron chi connectivity index (χ2n) is 8.92. The van der Waals surface area contributed by atoms with Gasteiger partial charge in [0.25, 0.3) is 0 Å². The summed E-state index contributed by atoms with van der Waals surface area (Å²) in [6.45, 7) is 5.91. The topological polar surface area (TPSA) is 58.1 Å². The Morgan fingerprint density at radius 2 is 1.97 bits per heavy atom. The van der Waals surface area contributed by atoms with Gasteiger partial charge in [-0.1, -0.05) is 31.5 Å². The van der Waals surface area contributed by atoms with E-state index in [0.717, 1.165) is 17.5 Å². The van der Waals surface area contributed by atoms with Crippen LogP contribution in [0.1, 0.15) is 42.7 Å². The van der Waals surface area contributed by atoms with Crippen LogP contribution in [0.5, 0.6) is 5.75 Å². The first-order valence-electron chi connectivity index (χ1n) is 9.96. The summed E-state index contributed by atoms with van der Waals surface area (Å²) in [7, 11) is 0. The van der Waals surface area contributed by atoms with Gasteiger partial charge in [0, 0.05) is 47.4 Å². The molecule has 30 heavy (non-hydrogen) atoms. The van der Waals surface area contributed by atoms with Crippen LogP contribution in [0.2, 0.25) is 0 Å². The largest absolute Gasteiger partial charge is 0.493 e. The summed E-state index contributed by atoms with van der Waals surface area (Å²) in [6, 6.07) is 7.19. The van der Waals surface area contributed by atoms with Crippen LogP contribution >= 0.6 is 0 Å². The fourth-order valence-corrected chi connectivity index (χ4v) is 4.50. The summed E-state index contributed by atoms with van der Waals surface area (Å²) in [5, 5.41) is 11.6. The number of nitrogens with one attached hydrogen (secondary N) is 1. The lowest BCUT2D eigenvalue weighted by Gasteiger charge is -2.38. The van der Waals surface area contributed by atoms with Crippen LogP contribution in [0.3, 0.4) is 0 Å². The maximum Gasteiger partial charge on any atom is 0.417 e. The summed E-state index contributed by atoms with van der Waals surface area (Å²) in [5.41, 5.74) is -0.164. The molecule has 0 spiro atoms. The third-order valence-electron chi connectivity index (χ3n) is 5.88. The van der Waals surface area contributed by atoms with E-state index in [-0.39, 0.29) is 0 Å². The van der Waals surface area contributed by atoms with Gasteiger partial charge in [-0.3, -0.25) is 4.98 Å². The van der Waals surface area contributed by atoms with E-state index in [1.54, 1.807) is 38.4 Å². The van der Waals surface area contributed by atoms with Crippen LogP contribution in [0.15, 0.2) is 36.7 Å². The highest BCUT2D eigenvalue weighted by Gasteiger charge is 2.56. The van der Waals surface area contributed by atoms with Gasteiger partial charge >= 0.3 is 6.18 Å². The zero-order valence-corrected chi connectivity index (χ0v) is 17.2. The van der Waals surface area contributed by atoms with Gasteiger partial charge in [-0.25, -0.2) is 0 Å². The third kappa shape index (κ3) is 3.67. The minimum Gasteiger partial charge on any atom is -0.493 e. The van der Waals surface area contributed by atoms with Crippen molar-refractivity contribution >= 4 is 10.9 Å². The number of alkyl halides is 3. The number of hydrogen-bond acceptors (Lipinski definition) is 3. The van der Waals surface area contributed by atoms with Crippen LogP contribution < -0.4 is 4.74 Å². The van der Waals surface area contributed by atoms with Crippen molar-refractivity contribution < 1.29 is 23.0 Å². The Balaban J connectivity index is 1.71. The summed E-state index contributed by atoms with van der Waals surface area (Å²) in [6.07, 6.45) is -1.96. The van der Waals surface area contributed by atoms with Gasteiger partial charge in [0.05, 0.1) is 6.61 Å². The number of aromatic nitrogens is 2. The minimum atomic E-state index is -4.80. The van der Waals surface area contributed by atoms with Gasteiger partial charge in [0.2, 0.25) is 0 Å². The predicted molar refractivity (Wildman–Crippen MR) is 109 cm³/mol. The number of rotatable bonds is 5. The maximum atomic E-state index is 14.1. The molecule has 1 aliphatic heterocycles. The van der Waals surface area contributed by atoms with Crippen molar-refractivity contribution in [2.75, 3.05) is 6.61 Å². The normalized spacial score (nSPS) is 16.4. The van der Waals surface area contributed by atoms with Crippen LogP contribution in [0.4, 0.5) is 13.2 Å². The molecule has 4 rings (SSSR count). The van der Waals surface area contributed by atoms with E-state index in [1.165, 1.54) is 0 Å². The van der Waals surface area contributed by atoms with Gasteiger partial charge in [0.1, 0.15) is 5.75 Å². The molecule has 0 amide bonds. The SMILES string of the molecule is Cc1cc2c(c(C(C)(C)CC(O)(Cc3cc4cnccc4[nH]3)C(F)(F)F)c1)OCC2. The molecule has 0 fully saturated rings. The van der Waals surface area contributed by atoms with E-state index < -0.39 is 30.0 Å². The van der Waals surface area contributed by atoms with Gasteiger partial charge in [-0.05, 0) is 36.5 Å². The maximum absolute atomic E-state index is 14.1. The van der Waals surface area contributed by atoms with E-state index in [0.29, 0.717) is 34.5 Å². The second kappa shape index (κ2) is 7.01. The van der Waals surface area contributed by atoms with Crippen molar-refractivity contribution in [3.8, 4) is 5.75 Å². The number of halogens is 3. The van der Waals surface area contributed by atoms with Gasteiger partial charge in [-0.2, -0.15) is 13.2 Å². The Morgan fingerprint density at radius 3 is 2.67 bits per heavy atom. The highest BCUT2D eigenvalue weighted by Crippen LogP contribution is 2.47. The molecule has 3 aromatic rings. The third-order valence-corrected chi connectivity index (χ3v) is 5.88. The molecule has 1 aliphatic rings. The number of aryl methyl sites for hydroxylation is 1. The number of hydrogen-bond donors (Lipinski definition) is 2. The molecule has 2 aromatic heterocycles. The minimum absolute atomic E-state index is 0.319.